The Bertz CT molecular complexity index is 566. The molecule has 0 aliphatic carbocycles. The molecule has 0 aliphatic heterocycles. The fraction of sp³-hybridized carbons (Fsp3) is 0.0833. The number of rotatable bonds is 2. The predicted octanol–water partition coefficient (Wildman–Crippen LogP) is 2.75. The molecule has 3 heteroatoms. The van der Waals surface area contributed by atoms with E-state index in [9.17, 15) is 0 Å². The number of hydrogen-bond acceptors (Lipinski definition) is 2. The first-order chi connectivity index (χ1) is 7.43. The van der Waals surface area contributed by atoms with Gasteiger partial charge in [-0.05, 0) is 5.56 Å². The van der Waals surface area contributed by atoms with E-state index in [1.807, 2.05) is 18.3 Å². The molecule has 0 saturated heterocycles. The van der Waals surface area contributed by atoms with Crippen LogP contribution < -0.4 is 0 Å². The first-order valence-electron chi connectivity index (χ1n) is 4.85. The van der Waals surface area contributed by atoms with Crippen molar-refractivity contribution in [2.75, 3.05) is 0 Å². The summed E-state index contributed by atoms with van der Waals surface area (Å²) < 4.78 is 5.19. The molecule has 0 radical (unpaired) electrons. The van der Waals surface area contributed by atoms with E-state index in [4.69, 9.17) is 4.42 Å². The van der Waals surface area contributed by atoms with Crippen molar-refractivity contribution in [3.05, 3.63) is 54.5 Å². The van der Waals surface area contributed by atoms with Crippen molar-refractivity contribution in [3.63, 3.8) is 0 Å². The van der Waals surface area contributed by atoms with Crippen molar-refractivity contribution in [3.8, 4) is 0 Å². The lowest BCUT2D eigenvalue weighted by molar-refractivity contribution is 0.572. The molecule has 3 nitrogen and oxygen atoms in total. The van der Waals surface area contributed by atoms with Gasteiger partial charge in [0.25, 0.3) is 0 Å². The van der Waals surface area contributed by atoms with E-state index in [1.54, 1.807) is 18.7 Å². The number of aromatic amines is 1. The van der Waals surface area contributed by atoms with Gasteiger partial charge < -0.3 is 9.40 Å². The number of fused-ring (bicyclic) bond motifs is 1. The Kier molecular flexibility index (Phi) is 1.81. The van der Waals surface area contributed by atoms with Gasteiger partial charge in [-0.2, -0.15) is 0 Å². The molecule has 1 N–H and O–H groups in total. The molecule has 0 atom stereocenters. The van der Waals surface area contributed by atoms with Crippen LogP contribution in [0.5, 0.6) is 0 Å². The molecule has 15 heavy (non-hydrogen) atoms. The summed E-state index contributed by atoms with van der Waals surface area (Å²) in [4.78, 5) is 7.32. The van der Waals surface area contributed by atoms with Gasteiger partial charge >= 0.3 is 0 Å². The van der Waals surface area contributed by atoms with Gasteiger partial charge in [0.15, 0.2) is 0 Å². The molecular weight excluding hydrogens is 188 g/mol. The molecule has 2 heterocycles. The lowest BCUT2D eigenvalue weighted by Gasteiger charge is -1.99. The van der Waals surface area contributed by atoms with Crippen molar-refractivity contribution in [1.29, 1.82) is 0 Å². The summed E-state index contributed by atoms with van der Waals surface area (Å²) >= 11 is 0. The third kappa shape index (κ3) is 1.42. The van der Waals surface area contributed by atoms with E-state index in [-0.39, 0.29) is 0 Å². The number of furan rings is 1. The maximum Gasteiger partial charge on any atom is 0.110 e. The van der Waals surface area contributed by atoms with Gasteiger partial charge in [0.05, 0.1) is 12.5 Å². The third-order valence-corrected chi connectivity index (χ3v) is 2.52. The van der Waals surface area contributed by atoms with E-state index in [2.05, 4.69) is 16.0 Å². The molecule has 0 unspecified atom stereocenters. The maximum atomic E-state index is 5.19. The Morgan fingerprint density at radius 1 is 1.27 bits per heavy atom. The van der Waals surface area contributed by atoms with Crippen LogP contribution in [0.1, 0.15) is 11.4 Å². The highest BCUT2D eigenvalue weighted by Gasteiger charge is 2.04. The highest BCUT2D eigenvalue weighted by Crippen LogP contribution is 2.21. The van der Waals surface area contributed by atoms with Crippen LogP contribution in [-0.2, 0) is 6.42 Å². The van der Waals surface area contributed by atoms with Gasteiger partial charge in [0, 0.05) is 29.6 Å². The molecule has 74 valence electrons. The molecule has 3 aromatic rings. The second-order valence-electron chi connectivity index (χ2n) is 3.50. The molecule has 0 bridgehead atoms. The Morgan fingerprint density at radius 3 is 3.13 bits per heavy atom. The van der Waals surface area contributed by atoms with Gasteiger partial charge in [-0.25, -0.2) is 4.98 Å². The average Bonchev–Trinajstić information content (AvgIpc) is 2.87. The molecule has 2 aromatic heterocycles. The van der Waals surface area contributed by atoms with Crippen LogP contribution in [0.4, 0.5) is 0 Å². The maximum absolute atomic E-state index is 5.19. The van der Waals surface area contributed by atoms with Crippen molar-refractivity contribution in [2.45, 2.75) is 6.42 Å². The van der Waals surface area contributed by atoms with Crippen molar-refractivity contribution < 1.29 is 4.42 Å². The molecule has 0 amide bonds. The summed E-state index contributed by atoms with van der Waals surface area (Å²) in [5.74, 6) is 0.976. The van der Waals surface area contributed by atoms with Crippen molar-refractivity contribution in [2.24, 2.45) is 0 Å². The van der Waals surface area contributed by atoms with Gasteiger partial charge in [0.2, 0.25) is 0 Å². The molecular formula is C12H10N2O. The molecule has 1 aromatic carbocycles. The zero-order chi connectivity index (χ0) is 10.1. The van der Waals surface area contributed by atoms with Crippen LogP contribution in [0.3, 0.4) is 0 Å². The Labute approximate surface area is 86.8 Å². The smallest absolute Gasteiger partial charge is 0.110 e. The van der Waals surface area contributed by atoms with Crippen LogP contribution in [0.15, 0.2) is 47.5 Å². The topological polar surface area (TPSA) is 41.8 Å². The van der Waals surface area contributed by atoms with Crippen molar-refractivity contribution >= 4 is 10.8 Å². The Hall–Kier alpha value is -2.03. The zero-order valence-corrected chi connectivity index (χ0v) is 8.10. The predicted molar refractivity (Wildman–Crippen MR) is 57.6 cm³/mol. The van der Waals surface area contributed by atoms with E-state index in [0.29, 0.717) is 0 Å². The first-order valence-corrected chi connectivity index (χ1v) is 4.85. The van der Waals surface area contributed by atoms with Crippen LogP contribution in [0, 0.1) is 0 Å². The Balaban J connectivity index is 2.07. The van der Waals surface area contributed by atoms with Gasteiger partial charge in [-0.1, -0.05) is 18.2 Å². The highest BCUT2D eigenvalue weighted by atomic mass is 16.3. The number of benzene rings is 1. The number of hydrogen-bond donors (Lipinski definition) is 1. The van der Waals surface area contributed by atoms with E-state index in [0.717, 1.165) is 23.0 Å². The fourth-order valence-electron chi connectivity index (χ4n) is 1.78. The first kappa shape index (κ1) is 8.29. The SMILES string of the molecule is c1cc(Cc2ncc[nH]2)c2cocc2c1. The summed E-state index contributed by atoms with van der Waals surface area (Å²) in [6.07, 6.45) is 7.97. The largest absolute Gasteiger partial charge is 0.471 e. The minimum absolute atomic E-state index is 0.809. The van der Waals surface area contributed by atoms with Crippen LogP contribution in [0.25, 0.3) is 10.8 Å². The fourth-order valence-corrected chi connectivity index (χ4v) is 1.78. The second kappa shape index (κ2) is 3.28. The summed E-state index contributed by atoms with van der Waals surface area (Å²) in [6.45, 7) is 0. The van der Waals surface area contributed by atoms with E-state index >= 15 is 0 Å². The van der Waals surface area contributed by atoms with Gasteiger partial charge in [0.1, 0.15) is 5.82 Å². The van der Waals surface area contributed by atoms with E-state index in [1.165, 1.54) is 5.56 Å². The monoisotopic (exact) mass is 198 g/mol. The van der Waals surface area contributed by atoms with Crippen LogP contribution >= 0.6 is 0 Å². The lowest BCUT2D eigenvalue weighted by atomic mass is 10.1. The summed E-state index contributed by atoms with van der Waals surface area (Å²) in [7, 11) is 0. The van der Waals surface area contributed by atoms with Gasteiger partial charge in [-0.3, -0.25) is 0 Å². The van der Waals surface area contributed by atoms with Crippen LogP contribution in [0.2, 0.25) is 0 Å². The van der Waals surface area contributed by atoms with Gasteiger partial charge in [-0.15, -0.1) is 0 Å². The standard InChI is InChI=1S/C12H10N2O/c1-2-9(6-12-13-4-5-14-12)11-8-15-7-10(11)3-1/h1-5,7-8H,6H2,(H,13,14). The number of H-pyrrole nitrogens is 1. The minimum atomic E-state index is 0.809. The van der Waals surface area contributed by atoms with Crippen LogP contribution in [-0.4, -0.2) is 9.97 Å². The molecule has 3 rings (SSSR count). The average molecular weight is 198 g/mol. The number of imidazole rings is 1. The Morgan fingerprint density at radius 2 is 2.27 bits per heavy atom. The summed E-state index contributed by atoms with van der Waals surface area (Å²) in [6, 6.07) is 6.18. The quantitative estimate of drug-likeness (QED) is 0.687. The summed E-state index contributed by atoms with van der Waals surface area (Å²) in [5, 5.41) is 2.30. The van der Waals surface area contributed by atoms with E-state index < -0.39 is 0 Å². The number of aromatic nitrogens is 2. The second-order valence-corrected chi connectivity index (χ2v) is 3.50. The third-order valence-electron chi connectivity index (χ3n) is 2.52. The molecule has 0 saturated carbocycles. The summed E-state index contributed by atoms with van der Waals surface area (Å²) in [5.41, 5.74) is 1.23. The minimum Gasteiger partial charge on any atom is -0.471 e. The molecule has 0 spiro atoms. The normalized spacial score (nSPS) is 10.9. The number of nitrogens with one attached hydrogen (secondary N) is 1. The zero-order valence-electron chi connectivity index (χ0n) is 8.10. The molecule has 0 aliphatic rings. The highest BCUT2D eigenvalue weighted by molar-refractivity contribution is 5.84. The van der Waals surface area contributed by atoms with Crippen molar-refractivity contribution in [1.82, 2.24) is 9.97 Å². The molecule has 0 fully saturated rings. The lowest BCUT2D eigenvalue weighted by Crippen LogP contribution is -1.90. The number of nitrogens with zero attached hydrogens (tertiary/aromatic N) is 1.